The summed E-state index contributed by atoms with van der Waals surface area (Å²) < 4.78 is 15.6. The fourth-order valence-electron chi connectivity index (χ4n) is 2.57. The minimum atomic E-state index is -0.362. The number of nitrogens with one attached hydrogen (secondary N) is 1. The summed E-state index contributed by atoms with van der Waals surface area (Å²) in [6.07, 6.45) is 0. The third kappa shape index (κ3) is 4.67. The minimum Gasteiger partial charge on any atom is -0.349 e. The van der Waals surface area contributed by atoms with Crippen LogP contribution in [0.5, 0.6) is 0 Å². The molecule has 3 aromatic rings. The Kier molecular flexibility index (Phi) is 6.13. The van der Waals surface area contributed by atoms with E-state index in [-0.39, 0.29) is 23.5 Å². The second-order valence-electron chi connectivity index (χ2n) is 5.97. The molecule has 2 aromatic carbocycles. The van der Waals surface area contributed by atoms with Gasteiger partial charge in [-0.3, -0.25) is 4.79 Å². The van der Waals surface area contributed by atoms with Gasteiger partial charge in [0.15, 0.2) is 11.0 Å². The van der Waals surface area contributed by atoms with Crippen molar-refractivity contribution in [2.45, 2.75) is 18.1 Å². The molecule has 0 radical (unpaired) electrons. The summed E-state index contributed by atoms with van der Waals surface area (Å²) in [7, 11) is 1.75. The largest absolute Gasteiger partial charge is 0.349 e. The van der Waals surface area contributed by atoms with E-state index in [9.17, 15) is 9.18 Å². The Balaban J connectivity index is 1.61. The highest BCUT2D eigenvalue weighted by atomic mass is 35.5. The predicted molar refractivity (Wildman–Crippen MR) is 105 cm³/mol. The maximum Gasteiger partial charge on any atom is 0.230 e. The van der Waals surface area contributed by atoms with Gasteiger partial charge in [-0.05, 0) is 36.8 Å². The van der Waals surface area contributed by atoms with E-state index in [4.69, 9.17) is 11.6 Å². The Morgan fingerprint density at radius 3 is 2.63 bits per heavy atom. The molecule has 0 aliphatic rings. The fourth-order valence-corrected chi connectivity index (χ4v) is 3.41. The molecule has 27 heavy (non-hydrogen) atoms. The lowest BCUT2D eigenvalue weighted by atomic mass is 10.1. The first-order chi connectivity index (χ1) is 13.0. The van der Waals surface area contributed by atoms with Gasteiger partial charge in [0.2, 0.25) is 5.91 Å². The van der Waals surface area contributed by atoms with Gasteiger partial charge >= 0.3 is 0 Å². The first-order valence-electron chi connectivity index (χ1n) is 8.27. The predicted octanol–water partition coefficient (Wildman–Crippen LogP) is 4.24. The van der Waals surface area contributed by atoms with Crippen LogP contribution in [0.4, 0.5) is 4.39 Å². The molecule has 0 saturated carbocycles. The molecular formula is C19H18ClFN4OS. The van der Waals surface area contributed by atoms with E-state index >= 15 is 0 Å². The molecule has 1 unspecified atom stereocenters. The summed E-state index contributed by atoms with van der Waals surface area (Å²) in [6, 6.07) is 13.6. The molecule has 1 amide bonds. The van der Waals surface area contributed by atoms with E-state index in [1.165, 1.54) is 17.8 Å². The van der Waals surface area contributed by atoms with Crippen LogP contribution in [0.15, 0.2) is 53.7 Å². The normalized spacial score (nSPS) is 12.0. The van der Waals surface area contributed by atoms with E-state index in [1.807, 2.05) is 19.1 Å². The molecule has 5 nitrogen and oxygen atoms in total. The maximum atomic E-state index is 13.9. The number of aromatic nitrogens is 3. The lowest BCUT2D eigenvalue weighted by Gasteiger charge is -2.14. The van der Waals surface area contributed by atoms with Gasteiger partial charge in [0.05, 0.1) is 17.4 Å². The highest BCUT2D eigenvalue weighted by molar-refractivity contribution is 7.99. The zero-order chi connectivity index (χ0) is 19.4. The van der Waals surface area contributed by atoms with Gasteiger partial charge in [-0.2, -0.15) is 0 Å². The van der Waals surface area contributed by atoms with Gasteiger partial charge in [-0.1, -0.05) is 47.6 Å². The summed E-state index contributed by atoms with van der Waals surface area (Å²) in [5, 5.41) is 12.2. The van der Waals surface area contributed by atoms with Gasteiger partial charge in [0.25, 0.3) is 0 Å². The van der Waals surface area contributed by atoms with E-state index in [0.717, 1.165) is 5.56 Å². The molecule has 0 aliphatic heterocycles. The van der Waals surface area contributed by atoms with Crippen LogP contribution in [0, 0.1) is 5.82 Å². The first kappa shape index (κ1) is 19.4. The monoisotopic (exact) mass is 404 g/mol. The van der Waals surface area contributed by atoms with Gasteiger partial charge in [0, 0.05) is 12.1 Å². The summed E-state index contributed by atoms with van der Waals surface area (Å²) in [4.78, 5) is 12.2. The molecule has 1 N–H and O–H groups in total. The molecule has 0 fully saturated rings. The number of halogens is 2. The van der Waals surface area contributed by atoms with Crippen molar-refractivity contribution in [1.29, 1.82) is 0 Å². The molecule has 1 aromatic heterocycles. The smallest absolute Gasteiger partial charge is 0.230 e. The number of benzene rings is 2. The van der Waals surface area contributed by atoms with Crippen molar-refractivity contribution >= 4 is 29.3 Å². The second kappa shape index (κ2) is 8.54. The molecule has 0 aliphatic carbocycles. The van der Waals surface area contributed by atoms with Crippen LogP contribution in [0.1, 0.15) is 18.5 Å². The minimum absolute atomic E-state index is 0.127. The van der Waals surface area contributed by atoms with E-state index in [0.29, 0.717) is 21.6 Å². The van der Waals surface area contributed by atoms with E-state index in [1.54, 1.807) is 41.9 Å². The van der Waals surface area contributed by atoms with Crippen molar-refractivity contribution < 1.29 is 9.18 Å². The molecule has 140 valence electrons. The van der Waals surface area contributed by atoms with Crippen molar-refractivity contribution in [3.8, 4) is 11.4 Å². The summed E-state index contributed by atoms with van der Waals surface area (Å²) in [5.41, 5.74) is 1.35. The number of amides is 1. The third-order valence-electron chi connectivity index (χ3n) is 4.03. The molecule has 1 heterocycles. The number of hydrogen-bond acceptors (Lipinski definition) is 4. The highest BCUT2D eigenvalue weighted by Gasteiger charge is 2.16. The summed E-state index contributed by atoms with van der Waals surface area (Å²) in [6.45, 7) is 1.91. The lowest BCUT2D eigenvalue weighted by molar-refractivity contribution is -0.119. The first-order valence-corrected chi connectivity index (χ1v) is 9.64. The average Bonchev–Trinajstić information content (AvgIpc) is 3.01. The molecule has 8 heteroatoms. The Morgan fingerprint density at radius 1 is 1.22 bits per heavy atom. The number of rotatable bonds is 6. The summed E-state index contributed by atoms with van der Waals surface area (Å²) in [5.74, 6) is 0.115. The van der Waals surface area contributed by atoms with Crippen molar-refractivity contribution in [1.82, 2.24) is 20.1 Å². The Hall–Kier alpha value is -2.38. The van der Waals surface area contributed by atoms with Crippen molar-refractivity contribution in [2.75, 3.05) is 5.75 Å². The maximum absolute atomic E-state index is 13.9. The number of hydrogen-bond donors (Lipinski definition) is 1. The van der Waals surface area contributed by atoms with Gasteiger partial charge in [-0.25, -0.2) is 4.39 Å². The molecule has 0 saturated heterocycles. The summed E-state index contributed by atoms with van der Waals surface area (Å²) >= 11 is 7.13. The standard InChI is InChI=1S/C19H18ClFN4OS/c1-12(13-7-9-14(20)10-8-13)22-17(26)11-27-19-24-23-18(25(19)2)15-5-3-4-6-16(15)21/h3-10,12H,11H2,1-2H3,(H,22,26). The molecule has 0 bridgehead atoms. The number of thioether (sulfide) groups is 1. The van der Waals surface area contributed by atoms with Crippen molar-refractivity contribution in [2.24, 2.45) is 7.05 Å². The number of carbonyl (C=O) groups is 1. The average molecular weight is 405 g/mol. The van der Waals surface area contributed by atoms with E-state index in [2.05, 4.69) is 15.5 Å². The Morgan fingerprint density at radius 2 is 1.93 bits per heavy atom. The Bertz CT molecular complexity index is 945. The van der Waals surface area contributed by atoms with Crippen LogP contribution in [-0.4, -0.2) is 26.4 Å². The van der Waals surface area contributed by atoms with Crippen LogP contribution >= 0.6 is 23.4 Å². The molecule has 0 spiro atoms. The van der Waals surface area contributed by atoms with E-state index < -0.39 is 0 Å². The Labute approximate surface area is 166 Å². The fraction of sp³-hybridized carbons (Fsp3) is 0.211. The second-order valence-corrected chi connectivity index (χ2v) is 7.35. The van der Waals surface area contributed by atoms with Crippen LogP contribution in [0.3, 0.4) is 0 Å². The zero-order valence-corrected chi connectivity index (χ0v) is 16.4. The topological polar surface area (TPSA) is 59.8 Å². The van der Waals surface area contributed by atoms with Crippen LogP contribution in [-0.2, 0) is 11.8 Å². The van der Waals surface area contributed by atoms with Gasteiger partial charge in [-0.15, -0.1) is 10.2 Å². The van der Waals surface area contributed by atoms with Crippen LogP contribution in [0.2, 0.25) is 5.02 Å². The third-order valence-corrected chi connectivity index (χ3v) is 5.30. The quantitative estimate of drug-likeness (QED) is 0.624. The SMILES string of the molecule is CC(NC(=O)CSc1nnc(-c2ccccc2F)n1C)c1ccc(Cl)cc1. The zero-order valence-electron chi connectivity index (χ0n) is 14.8. The van der Waals surface area contributed by atoms with Crippen LogP contribution < -0.4 is 5.32 Å². The molecule has 1 atom stereocenters. The lowest BCUT2D eigenvalue weighted by Crippen LogP contribution is -2.28. The molecule has 3 rings (SSSR count). The number of nitrogens with zero attached hydrogens (tertiary/aromatic N) is 3. The van der Waals surface area contributed by atoms with Crippen LogP contribution in [0.25, 0.3) is 11.4 Å². The van der Waals surface area contributed by atoms with Crippen molar-refractivity contribution in [3.63, 3.8) is 0 Å². The van der Waals surface area contributed by atoms with Gasteiger partial charge in [0.1, 0.15) is 5.82 Å². The molecular weight excluding hydrogens is 387 g/mol. The van der Waals surface area contributed by atoms with Crippen molar-refractivity contribution in [3.05, 3.63) is 64.9 Å². The number of carbonyl (C=O) groups excluding carboxylic acids is 1. The highest BCUT2D eigenvalue weighted by Crippen LogP contribution is 2.24. The van der Waals surface area contributed by atoms with Gasteiger partial charge < -0.3 is 9.88 Å².